The molecule has 0 bridgehead atoms. The second-order valence-electron chi connectivity index (χ2n) is 6.96. The van der Waals surface area contributed by atoms with Crippen molar-refractivity contribution in [3.05, 3.63) is 63.1 Å². The van der Waals surface area contributed by atoms with Crippen LogP contribution in [0.1, 0.15) is 32.8 Å². The Morgan fingerprint density at radius 1 is 1.03 bits per heavy atom. The van der Waals surface area contributed by atoms with Crippen LogP contribution in [0, 0.1) is 0 Å². The van der Waals surface area contributed by atoms with Gasteiger partial charge < -0.3 is 15.0 Å². The van der Waals surface area contributed by atoms with Gasteiger partial charge in [-0.3, -0.25) is 9.59 Å². The molecule has 162 valence electrons. The van der Waals surface area contributed by atoms with Crippen molar-refractivity contribution in [1.82, 2.24) is 10.2 Å². The number of hydrogen-bond donors (Lipinski definition) is 1. The summed E-state index contributed by atoms with van der Waals surface area (Å²) in [7, 11) is 0. The lowest BCUT2D eigenvalue weighted by Crippen LogP contribution is -2.50. The smallest absolute Gasteiger partial charge is 0.261 e. The van der Waals surface area contributed by atoms with Gasteiger partial charge in [0.1, 0.15) is 11.8 Å². The summed E-state index contributed by atoms with van der Waals surface area (Å²) in [5, 5.41) is 4.32. The third-order valence-electron chi connectivity index (χ3n) is 4.73. The van der Waals surface area contributed by atoms with E-state index in [1.807, 2.05) is 13.8 Å². The van der Waals surface area contributed by atoms with Crippen LogP contribution in [0.4, 0.5) is 0 Å². The zero-order valence-corrected chi connectivity index (χ0v) is 19.4. The molecule has 0 radical (unpaired) electrons. The second-order valence-corrected chi connectivity index (χ2v) is 8.21. The van der Waals surface area contributed by atoms with Gasteiger partial charge in [-0.1, -0.05) is 47.8 Å². The minimum Gasteiger partial charge on any atom is -0.484 e. The van der Waals surface area contributed by atoms with E-state index in [1.165, 1.54) is 4.90 Å². The summed E-state index contributed by atoms with van der Waals surface area (Å²) >= 11 is 18.5. The molecule has 2 atom stereocenters. The molecule has 0 spiro atoms. The number of rotatable bonds is 9. The van der Waals surface area contributed by atoms with Crippen LogP contribution in [0.15, 0.2) is 42.5 Å². The van der Waals surface area contributed by atoms with Crippen LogP contribution in [0.5, 0.6) is 5.75 Å². The lowest BCUT2D eigenvalue weighted by molar-refractivity contribution is -0.142. The molecule has 2 aromatic carbocycles. The van der Waals surface area contributed by atoms with Crippen LogP contribution in [-0.4, -0.2) is 35.4 Å². The van der Waals surface area contributed by atoms with Gasteiger partial charge in [-0.2, -0.15) is 0 Å². The van der Waals surface area contributed by atoms with Gasteiger partial charge in [0.25, 0.3) is 5.91 Å². The molecule has 2 aromatic rings. The van der Waals surface area contributed by atoms with E-state index in [0.717, 1.165) is 6.42 Å². The first-order valence-electron chi connectivity index (χ1n) is 9.64. The molecule has 0 aliphatic heterocycles. The number of hydrogen-bond acceptors (Lipinski definition) is 3. The topological polar surface area (TPSA) is 58.6 Å². The number of nitrogens with zero attached hydrogens (tertiary/aromatic N) is 1. The summed E-state index contributed by atoms with van der Waals surface area (Å²) in [4.78, 5) is 27.1. The molecule has 0 fully saturated rings. The zero-order chi connectivity index (χ0) is 22.3. The van der Waals surface area contributed by atoms with E-state index in [2.05, 4.69) is 5.32 Å². The summed E-state index contributed by atoms with van der Waals surface area (Å²) < 4.78 is 5.59. The monoisotopic (exact) mass is 470 g/mol. The van der Waals surface area contributed by atoms with E-state index in [-0.39, 0.29) is 31.0 Å². The molecular formula is C22H25Cl3N2O3. The maximum absolute atomic E-state index is 13.0. The number of ether oxygens (including phenoxy) is 1. The molecule has 0 saturated carbocycles. The summed E-state index contributed by atoms with van der Waals surface area (Å²) in [5.74, 6) is -0.125. The summed E-state index contributed by atoms with van der Waals surface area (Å²) in [6.45, 7) is 5.39. The maximum atomic E-state index is 13.0. The molecule has 0 aliphatic rings. The Balaban J connectivity index is 2.21. The SMILES string of the molecule is CCC(C)NC(=O)C(C)N(Cc1c(Cl)cccc1Cl)C(=O)COc1ccc(Cl)cc1. The van der Waals surface area contributed by atoms with E-state index in [9.17, 15) is 9.59 Å². The van der Waals surface area contributed by atoms with Crippen LogP contribution in [0.3, 0.4) is 0 Å². The first kappa shape index (κ1) is 24.3. The number of halogens is 3. The summed E-state index contributed by atoms with van der Waals surface area (Å²) in [5.41, 5.74) is 0.573. The van der Waals surface area contributed by atoms with E-state index in [1.54, 1.807) is 49.4 Å². The van der Waals surface area contributed by atoms with Crippen LogP contribution < -0.4 is 10.1 Å². The Morgan fingerprint density at radius 3 is 2.20 bits per heavy atom. The van der Waals surface area contributed by atoms with Gasteiger partial charge >= 0.3 is 0 Å². The molecule has 0 heterocycles. The third-order valence-corrected chi connectivity index (χ3v) is 5.69. The fraction of sp³-hybridized carbons (Fsp3) is 0.364. The van der Waals surface area contributed by atoms with Crippen LogP contribution in [0.2, 0.25) is 15.1 Å². The van der Waals surface area contributed by atoms with Crippen LogP contribution in [0.25, 0.3) is 0 Å². The Labute approximate surface area is 192 Å². The lowest BCUT2D eigenvalue weighted by Gasteiger charge is -2.30. The maximum Gasteiger partial charge on any atom is 0.261 e. The molecule has 0 aliphatic carbocycles. The number of nitrogens with one attached hydrogen (secondary N) is 1. The van der Waals surface area contributed by atoms with Gasteiger partial charge in [-0.25, -0.2) is 0 Å². The molecule has 30 heavy (non-hydrogen) atoms. The first-order valence-corrected chi connectivity index (χ1v) is 10.8. The largest absolute Gasteiger partial charge is 0.484 e. The quantitative estimate of drug-likeness (QED) is 0.536. The Hall–Kier alpha value is -1.95. The standard InChI is InChI=1S/C22H25Cl3N2O3/c1-4-14(2)26-22(29)15(3)27(12-18-19(24)6-5-7-20(18)25)21(28)13-30-17-10-8-16(23)9-11-17/h5-11,14-15H,4,12-13H2,1-3H3,(H,26,29). The molecule has 5 nitrogen and oxygen atoms in total. The highest BCUT2D eigenvalue weighted by molar-refractivity contribution is 6.36. The number of carbonyl (C=O) groups is 2. The molecule has 1 N–H and O–H groups in total. The fourth-order valence-corrected chi connectivity index (χ4v) is 3.30. The normalized spacial score (nSPS) is 12.7. The summed E-state index contributed by atoms with van der Waals surface area (Å²) in [6, 6.07) is 11.0. The van der Waals surface area contributed by atoms with Crippen molar-refractivity contribution in [2.24, 2.45) is 0 Å². The van der Waals surface area contributed by atoms with E-state index in [0.29, 0.717) is 26.4 Å². The molecule has 0 saturated heterocycles. The highest BCUT2D eigenvalue weighted by Gasteiger charge is 2.28. The Morgan fingerprint density at radius 2 is 1.63 bits per heavy atom. The van der Waals surface area contributed by atoms with Gasteiger partial charge in [0.2, 0.25) is 5.91 Å². The van der Waals surface area contributed by atoms with Crippen molar-refractivity contribution in [1.29, 1.82) is 0 Å². The number of amides is 2. The molecule has 0 aromatic heterocycles. The average molecular weight is 472 g/mol. The van der Waals surface area contributed by atoms with Crippen molar-refractivity contribution in [2.45, 2.75) is 45.8 Å². The van der Waals surface area contributed by atoms with Gasteiger partial charge in [-0.05, 0) is 56.7 Å². The minimum atomic E-state index is -0.743. The highest BCUT2D eigenvalue weighted by Crippen LogP contribution is 2.26. The summed E-state index contributed by atoms with van der Waals surface area (Å²) in [6.07, 6.45) is 0.780. The van der Waals surface area contributed by atoms with Crippen molar-refractivity contribution >= 4 is 46.6 Å². The number of benzene rings is 2. The Kier molecular flexibility index (Phi) is 9.28. The zero-order valence-electron chi connectivity index (χ0n) is 17.1. The third kappa shape index (κ3) is 6.79. The van der Waals surface area contributed by atoms with Gasteiger partial charge in [0, 0.05) is 33.2 Å². The van der Waals surface area contributed by atoms with E-state index >= 15 is 0 Å². The van der Waals surface area contributed by atoms with Crippen molar-refractivity contribution < 1.29 is 14.3 Å². The van der Waals surface area contributed by atoms with Crippen molar-refractivity contribution in [2.75, 3.05) is 6.61 Å². The molecule has 2 amide bonds. The fourth-order valence-electron chi connectivity index (χ4n) is 2.66. The van der Waals surface area contributed by atoms with Crippen molar-refractivity contribution in [3.63, 3.8) is 0 Å². The molecule has 2 rings (SSSR count). The predicted octanol–water partition coefficient (Wildman–Crippen LogP) is 5.36. The van der Waals surface area contributed by atoms with E-state index in [4.69, 9.17) is 39.5 Å². The van der Waals surface area contributed by atoms with Gasteiger partial charge in [0.05, 0.1) is 0 Å². The predicted molar refractivity (Wildman–Crippen MR) is 121 cm³/mol. The highest BCUT2D eigenvalue weighted by atomic mass is 35.5. The van der Waals surface area contributed by atoms with Gasteiger partial charge in [-0.15, -0.1) is 0 Å². The van der Waals surface area contributed by atoms with Crippen LogP contribution >= 0.6 is 34.8 Å². The van der Waals surface area contributed by atoms with Crippen LogP contribution in [-0.2, 0) is 16.1 Å². The van der Waals surface area contributed by atoms with Crippen molar-refractivity contribution in [3.8, 4) is 5.75 Å². The first-order chi connectivity index (χ1) is 14.2. The molecular weight excluding hydrogens is 447 g/mol. The van der Waals surface area contributed by atoms with Gasteiger partial charge in [0.15, 0.2) is 6.61 Å². The molecule has 8 heteroatoms. The minimum absolute atomic E-state index is 0.00822. The Bertz CT molecular complexity index is 854. The molecule has 2 unspecified atom stereocenters. The van der Waals surface area contributed by atoms with E-state index < -0.39 is 6.04 Å². The average Bonchev–Trinajstić information content (AvgIpc) is 2.72. The second kappa shape index (κ2) is 11.4. The lowest BCUT2D eigenvalue weighted by atomic mass is 10.1. The number of carbonyl (C=O) groups excluding carboxylic acids is 2.